The largest absolute Gasteiger partial charge is 0.497 e. The number of rotatable bonds is 6. The van der Waals surface area contributed by atoms with Crippen molar-refractivity contribution in [2.24, 2.45) is 0 Å². The smallest absolute Gasteiger partial charge is 0.243 e. The highest BCUT2D eigenvalue weighted by atomic mass is 32.2. The molecule has 30 heavy (non-hydrogen) atoms. The minimum atomic E-state index is -3.51. The summed E-state index contributed by atoms with van der Waals surface area (Å²) in [5.74, 6) is 1.43. The van der Waals surface area contributed by atoms with Crippen LogP contribution in [-0.4, -0.2) is 55.4 Å². The number of piperazine rings is 1. The molecular weight excluding hydrogens is 420 g/mol. The minimum absolute atomic E-state index is 0.285. The highest BCUT2D eigenvalue weighted by Gasteiger charge is 2.29. The monoisotopic (exact) mass is 444 g/mol. The lowest BCUT2D eigenvalue weighted by Gasteiger charge is -2.33. The lowest BCUT2D eigenvalue weighted by Crippen LogP contribution is -2.48. The van der Waals surface area contributed by atoms with Gasteiger partial charge >= 0.3 is 0 Å². The van der Waals surface area contributed by atoms with E-state index in [0.717, 1.165) is 11.0 Å². The molecule has 0 bridgehead atoms. The number of ether oxygens (including phenoxy) is 1. The number of aromatic nitrogens is 2. The van der Waals surface area contributed by atoms with Crippen molar-refractivity contribution in [3.05, 3.63) is 65.5 Å². The third-order valence-corrected chi connectivity index (χ3v) is 7.87. The van der Waals surface area contributed by atoms with Crippen LogP contribution in [0.15, 0.2) is 53.4 Å². The summed E-state index contributed by atoms with van der Waals surface area (Å²) < 4.78 is 36.9. The van der Waals surface area contributed by atoms with Crippen LogP contribution < -0.4 is 9.64 Å². The SMILES string of the molecule is COc1ccc(S(=O)(=O)N2CCN(c3nc(Cc4ccc(C)cc4)ns3)CC2)cc1. The zero-order valence-corrected chi connectivity index (χ0v) is 18.6. The molecule has 2 heterocycles. The van der Waals surface area contributed by atoms with Crippen molar-refractivity contribution < 1.29 is 13.2 Å². The first kappa shape index (κ1) is 20.8. The van der Waals surface area contributed by atoms with Gasteiger partial charge in [-0.05, 0) is 36.8 Å². The van der Waals surface area contributed by atoms with Crippen molar-refractivity contribution in [2.75, 3.05) is 38.2 Å². The summed E-state index contributed by atoms with van der Waals surface area (Å²) in [5, 5.41) is 0.846. The third-order valence-electron chi connectivity index (χ3n) is 5.15. The number of hydrogen-bond acceptors (Lipinski definition) is 7. The van der Waals surface area contributed by atoms with E-state index in [-0.39, 0.29) is 4.90 Å². The second-order valence-electron chi connectivity index (χ2n) is 7.22. The minimum Gasteiger partial charge on any atom is -0.497 e. The molecule has 0 radical (unpaired) electrons. The average molecular weight is 445 g/mol. The predicted octanol–water partition coefficient (Wildman–Crippen LogP) is 2.96. The van der Waals surface area contributed by atoms with Crippen molar-refractivity contribution in [1.29, 1.82) is 0 Å². The zero-order chi connectivity index (χ0) is 21.1. The molecule has 1 aromatic heterocycles. The van der Waals surface area contributed by atoms with Crippen LogP contribution in [0.25, 0.3) is 0 Å². The number of aryl methyl sites for hydroxylation is 1. The van der Waals surface area contributed by atoms with Crippen LogP contribution in [-0.2, 0) is 16.4 Å². The molecule has 3 aromatic rings. The molecule has 0 N–H and O–H groups in total. The van der Waals surface area contributed by atoms with Crippen LogP contribution in [0.1, 0.15) is 17.0 Å². The fourth-order valence-electron chi connectivity index (χ4n) is 3.35. The summed E-state index contributed by atoms with van der Waals surface area (Å²) >= 11 is 1.37. The number of methoxy groups -OCH3 is 1. The maximum absolute atomic E-state index is 12.9. The molecule has 4 rings (SSSR count). The van der Waals surface area contributed by atoms with Crippen LogP contribution in [0.3, 0.4) is 0 Å². The standard InChI is InChI=1S/C21H24N4O3S2/c1-16-3-5-17(6-4-16)15-20-22-21(29-23-20)24-11-13-25(14-12-24)30(26,27)19-9-7-18(28-2)8-10-19/h3-10H,11-15H2,1-2H3. The molecule has 0 saturated carbocycles. The van der Waals surface area contributed by atoms with Gasteiger partial charge in [-0.2, -0.15) is 8.68 Å². The third kappa shape index (κ3) is 4.48. The quantitative estimate of drug-likeness (QED) is 0.582. The molecule has 0 spiro atoms. The van der Waals surface area contributed by atoms with E-state index in [2.05, 4.69) is 45.4 Å². The van der Waals surface area contributed by atoms with Gasteiger partial charge in [0.1, 0.15) is 11.6 Å². The fraction of sp³-hybridized carbons (Fsp3) is 0.333. The molecule has 1 fully saturated rings. The van der Waals surface area contributed by atoms with E-state index in [1.165, 1.54) is 27.0 Å². The molecule has 0 aliphatic carbocycles. The maximum atomic E-state index is 12.9. The van der Waals surface area contributed by atoms with Gasteiger partial charge in [0, 0.05) is 44.1 Å². The summed E-state index contributed by atoms with van der Waals surface area (Å²) in [6.07, 6.45) is 0.697. The van der Waals surface area contributed by atoms with E-state index in [0.29, 0.717) is 38.3 Å². The molecule has 158 valence electrons. The normalized spacial score (nSPS) is 15.3. The van der Waals surface area contributed by atoms with Crippen molar-refractivity contribution in [3.63, 3.8) is 0 Å². The van der Waals surface area contributed by atoms with Crippen molar-refractivity contribution in [1.82, 2.24) is 13.7 Å². The van der Waals surface area contributed by atoms with Crippen molar-refractivity contribution in [2.45, 2.75) is 18.2 Å². The Morgan fingerprint density at radius 3 is 2.30 bits per heavy atom. The van der Waals surface area contributed by atoms with Crippen LogP contribution in [0.2, 0.25) is 0 Å². The predicted molar refractivity (Wildman–Crippen MR) is 118 cm³/mol. The number of hydrogen-bond donors (Lipinski definition) is 0. The highest BCUT2D eigenvalue weighted by molar-refractivity contribution is 7.89. The zero-order valence-electron chi connectivity index (χ0n) is 17.0. The van der Waals surface area contributed by atoms with Crippen LogP contribution in [0.4, 0.5) is 5.13 Å². The van der Waals surface area contributed by atoms with E-state index in [4.69, 9.17) is 4.74 Å². The molecule has 0 amide bonds. The second kappa shape index (κ2) is 8.71. The molecule has 2 aromatic carbocycles. The summed E-state index contributed by atoms with van der Waals surface area (Å²) in [6.45, 7) is 4.09. The van der Waals surface area contributed by atoms with Gasteiger partial charge in [-0.25, -0.2) is 13.4 Å². The summed E-state index contributed by atoms with van der Waals surface area (Å²) in [6, 6.07) is 14.9. The Bertz CT molecular complexity index is 1090. The molecule has 0 unspecified atom stereocenters. The number of nitrogens with zero attached hydrogens (tertiary/aromatic N) is 4. The van der Waals surface area contributed by atoms with Gasteiger partial charge in [0.05, 0.1) is 12.0 Å². The Kier molecular flexibility index (Phi) is 6.03. The van der Waals surface area contributed by atoms with Gasteiger partial charge in [0.15, 0.2) is 0 Å². The van der Waals surface area contributed by atoms with Crippen LogP contribution in [0.5, 0.6) is 5.75 Å². The maximum Gasteiger partial charge on any atom is 0.243 e. The summed E-state index contributed by atoms with van der Waals surface area (Å²) in [7, 11) is -1.96. The Morgan fingerprint density at radius 2 is 1.67 bits per heavy atom. The molecule has 0 atom stereocenters. The summed E-state index contributed by atoms with van der Waals surface area (Å²) in [4.78, 5) is 7.06. The van der Waals surface area contributed by atoms with E-state index in [1.54, 1.807) is 31.4 Å². The molecule has 1 aliphatic heterocycles. The molecule has 1 saturated heterocycles. The van der Waals surface area contributed by atoms with Crippen molar-refractivity contribution in [3.8, 4) is 5.75 Å². The van der Waals surface area contributed by atoms with Crippen LogP contribution in [0, 0.1) is 6.92 Å². The van der Waals surface area contributed by atoms with Gasteiger partial charge < -0.3 is 9.64 Å². The lowest BCUT2D eigenvalue weighted by atomic mass is 10.1. The highest BCUT2D eigenvalue weighted by Crippen LogP contribution is 2.24. The fourth-order valence-corrected chi connectivity index (χ4v) is 5.51. The Morgan fingerprint density at radius 1 is 1.00 bits per heavy atom. The van der Waals surface area contributed by atoms with E-state index in [9.17, 15) is 8.42 Å². The van der Waals surface area contributed by atoms with Gasteiger partial charge in [-0.3, -0.25) is 0 Å². The first-order valence-electron chi connectivity index (χ1n) is 9.73. The van der Waals surface area contributed by atoms with E-state index in [1.807, 2.05) is 0 Å². The number of sulfonamides is 1. The van der Waals surface area contributed by atoms with E-state index >= 15 is 0 Å². The second-order valence-corrected chi connectivity index (χ2v) is 9.89. The Hall–Kier alpha value is -2.49. The van der Waals surface area contributed by atoms with Gasteiger partial charge in [-0.15, -0.1) is 0 Å². The number of anilines is 1. The topological polar surface area (TPSA) is 75.6 Å². The lowest BCUT2D eigenvalue weighted by molar-refractivity contribution is 0.384. The molecular formula is C21H24N4O3S2. The first-order valence-corrected chi connectivity index (χ1v) is 11.9. The van der Waals surface area contributed by atoms with Crippen LogP contribution >= 0.6 is 11.5 Å². The average Bonchev–Trinajstić information content (AvgIpc) is 3.24. The molecule has 7 nitrogen and oxygen atoms in total. The number of benzene rings is 2. The molecule has 1 aliphatic rings. The van der Waals surface area contributed by atoms with E-state index < -0.39 is 10.0 Å². The van der Waals surface area contributed by atoms with Gasteiger partial charge in [-0.1, -0.05) is 29.8 Å². The first-order chi connectivity index (χ1) is 14.5. The Balaban J connectivity index is 1.38. The van der Waals surface area contributed by atoms with Gasteiger partial charge in [0.2, 0.25) is 15.2 Å². The molecule has 9 heteroatoms. The Labute approximate surface area is 181 Å². The van der Waals surface area contributed by atoms with Crippen molar-refractivity contribution >= 4 is 26.7 Å². The summed E-state index contributed by atoms with van der Waals surface area (Å²) in [5.41, 5.74) is 2.41. The van der Waals surface area contributed by atoms with Gasteiger partial charge in [0.25, 0.3) is 0 Å².